The maximum Gasteiger partial charge on any atom is 0.222 e. The number of nitrogens with one attached hydrogen (secondary N) is 1. The normalized spacial score (nSPS) is 18.4. The van der Waals surface area contributed by atoms with E-state index in [9.17, 15) is 0 Å². The molecule has 0 unspecified atom stereocenters. The van der Waals surface area contributed by atoms with Crippen LogP contribution in [0.15, 0.2) is 83.6 Å². The first-order valence-corrected chi connectivity index (χ1v) is 13.3. The summed E-state index contributed by atoms with van der Waals surface area (Å²) in [6, 6.07) is 23.3. The van der Waals surface area contributed by atoms with Crippen molar-refractivity contribution in [2.24, 2.45) is 5.41 Å². The average molecular weight is 402 g/mol. The van der Waals surface area contributed by atoms with E-state index in [1.165, 1.54) is 42.5 Å². The van der Waals surface area contributed by atoms with E-state index in [2.05, 4.69) is 98.6 Å². The lowest BCUT2D eigenvalue weighted by atomic mass is 9.86. The zero-order chi connectivity index (χ0) is 20.3. The number of hydrogen-bond acceptors (Lipinski definition) is 1. The van der Waals surface area contributed by atoms with Gasteiger partial charge in [-0.1, -0.05) is 118 Å². The van der Waals surface area contributed by atoms with Crippen molar-refractivity contribution in [1.29, 1.82) is 0 Å². The van der Waals surface area contributed by atoms with Gasteiger partial charge < -0.3 is 4.98 Å². The van der Waals surface area contributed by atoms with Gasteiger partial charge in [-0.05, 0) is 40.2 Å². The molecule has 2 heteroatoms. The van der Waals surface area contributed by atoms with Crippen LogP contribution in [0.5, 0.6) is 0 Å². The van der Waals surface area contributed by atoms with Crippen molar-refractivity contribution in [2.75, 3.05) is 0 Å². The molecule has 2 aliphatic carbocycles. The summed E-state index contributed by atoms with van der Waals surface area (Å²) in [5.41, 5.74) is 1.79. The SMILES string of the molecule is CC(C)(C)C1=C([Si](NC2CCCCC2)(c2ccccc2)c2ccccc2)C=CC1. The van der Waals surface area contributed by atoms with E-state index in [0.717, 1.165) is 6.42 Å². The molecule has 2 aliphatic rings. The van der Waals surface area contributed by atoms with Gasteiger partial charge in [-0.2, -0.15) is 0 Å². The second kappa shape index (κ2) is 8.45. The zero-order valence-electron chi connectivity index (χ0n) is 18.2. The minimum Gasteiger partial charge on any atom is -0.324 e. The van der Waals surface area contributed by atoms with Crippen LogP contribution in [0.3, 0.4) is 0 Å². The Morgan fingerprint density at radius 2 is 1.34 bits per heavy atom. The monoisotopic (exact) mass is 401 g/mol. The lowest BCUT2D eigenvalue weighted by Crippen LogP contribution is -2.72. The second-order valence-corrected chi connectivity index (χ2v) is 13.2. The first-order chi connectivity index (χ1) is 14.0. The minimum atomic E-state index is -2.33. The fourth-order valence-corrected chi connectivity index (χ4v) is 10.2. The van der Waals surface area contributed by atoms with Crippen LogP contribution in [0.4, 0.5) is 0 Å². The summed E-state index contributed by atoms with van der Waals surface area (Å²) in [5, 5.41) is 4.56. The maximum absolute atomic E-state index is 4.38. The van der Waals surface area contributed by atoms with Crippen molar-refractivity contribution >= 4 is 18.6 Å². The highest BCUT2D eigenvalue weighted by Gasteiger charge is 2.45. The van der Waals surface area contributed by atoms with Crippen LogP contribution >= 0.6 is 0 Å². The summed E-state index contributed by atoms with van der Waals surface area (Å²) in [4.78, 5) is 4.38. The fourth-order valence-electron chi connectivity index (χ4n) is 5.22. The second-order valence-electron chi connectivity index (χ2n) is 9.71. The molecule has 1 saturated carbocycles. The molecule has 2 aromatic carbocycles. The zero-order valence-corrected chi connectivity index (χ0v) is 19.2. The van der Waals surface area contributed by atoms with Gasteiger partial charge in [0.1, 0.15) is 0 Å². The van der Waals surface area contributed by atoms with E-state index in [1.54, 1.807) is 10.8 Å². The highest BCUT2D eigenvalue weighted by atomic mass is 28.3. The molecule has 1 nitrogen and oxygen atoms in total. The van der Waals surface area contributed by atoms with Crippen molar-refractivity contribution in [1.82, 2.24) is 4.98 Å². The molecule has 0 aliphatic heterocycles. The predicted octanol–water partition coefficient (Wildman–Crippen LogP) is 5.51. The molecule has 0 saturated heterocycles. The molecule has 1 fully saturated rings. The van der Waals surface area contributed by atoms with Crippen LogP contribution in [-0.4, -0.2) is 14.3 Å². The summed E-state index contributed by atoms with van der Waals surface area (Å²) in [5.74, 6) is 0. The number of benzene rings is 2. The van der Waals surface area contributed by atoms with E-state index in [0.29, 0.717) is 6.04 Å². The molecule has 2 aromatic rings. The molecule has 1 N–H and O–H groups in total. The van der Waals surface area contributed by atoms with Crippen LogP contribution < -0.4 is 15.4 Å². The third-order valence-electron chi connectivity index (χ3n) is 6.68. The van der Waals surface area contributed by atoms with Gasteiger partial charge in [0.15, 0.2) is 0 Å². The molecule has 29 heavy (non-hydrogen) atoms. The van der Waals surface area contributed by atoms with Crippen molar-refractivity contribution in [2.45, 2.75) is 65.3 Å². The Bertz CT molecular complexity index is 828. The predicted molar refractivity (Wildman–Crippen MR) is 128 cm³/mol. The first-order valence-electron chi connectivity index (χ1n) is 11.3. The molecule has 4 rings (SSSR count). The first kappa shape index (κ1) is 20.4. The standard InChI is InChI=1S/C27H35NSi/c1-27(2,3)25-20-13-21-26(25)29(23-16-9-5-10-17-23,24-18-11-6-12-19-24)28-22-14-7-4-8-15-22/h5-6,9-13,16-19,21-22,28H,4,7-8,14-15,20H2,1-3H3. The van der Waals surface area contributed by atoms with Gasteiger partial charge in [0.05, 0.1) is 0 Å². The molecule has 0 spiro atoms. The van der Waals surface area contributed by atoms with E-state index in [-0.39, 0.29) is 5.41 Å². The van der Waals surface area contributed by atoms with Gasteiger partial charge in [0.25, 0.3) is 0 Å². The van der Waals surface area contributed by atoms with Gasteiger partial charge in [0, 0.05) is 6.04 Å². The van der Waals surface area contributed by atoms with Crippen LogP contribution in [0.1, 0.15) is 59.3 Å². The van der Waals surface area contributed by atoms with Crippen LogP contribution in [-0.2, 0) is 0 Å². The Morgan fingerprint density at radius 1 is 0.793 bits per heavy atom. The number of hydrogen-bond donors (Lipinski definition) is 1. The Balaban J connectivity index is 1.97. The number of rotatable bonds is 5. The minimum absolute atomic E-state index is 0.175. The molecule has 0 amide bonds. The molecule has 0 heterocycles. The summed E-state index contributed by atoms with van der Waals surface area (Å²) in [6.07, 6.45) is 12.6. The lowest BCUT2D eigenvalue weighted by molar-refractivity contribution is 0.415. The summed E-state index contributed by atoms with van der Waals surface area (Å²) < 4.78 is 0. The van der Waals surface area contributed by atoms with Crippen molar-refractivity contribution in [3.05, 3.63) is 83.6 Å². The summed E-state index contributed by atoms with van der Waals surface area (Å²) >= 11 is 0. The molecule has 0 aromatic heterocycles. The molecular formula is C27H35NSi. The largest absolute Gasteiger partial charge is 0.324 e. The lowest BCUT2D eigenvalue weighted by Gasteiger charge is -2.41. The van der Waals surface area contributed by atoms with E-state index >= 15 is 0 Å². The Kier molecular flexibility index (Phi) is 5.94. The topological polar surface area (TPSA) is 12.0 Å². The Labute approximate surface area is 178 Å². The van der Waals surface area contributed by atoms with E-state index in [1.807, 2.05) is 0 Å². The Morgan fingerprint density at radius 3 is 1.86 bits per heavy atom. The van der Waals surface area contributed by atoms with Crippen molar-refractivity contribution < 1.29 is 0 Å². The molecule has 152 valence electrons. The Hall–Kier alpha value is -1.90. The fraction of sp³-hybridized carbons (Fsp3) is 0.407. The highest BCUT2D eigenvalue weighted by molar-refractivity contribution is 7.06. The van der Waals surface area contributed by atoms with Gasteiger partial charge in [-0.25, -0.2) is 0 Å². The van der Waals surface area contributed by atoms with Gasteiger partial charge in [-0.15, -0.1) is 0 Å². The van der Waals surface area contributed by atoms with Crippen LogP contribution in [0.25, 0.3) is 0 Å². The molecule has 0 radical (unpaired) electrons. The van der Waals surface area contributed by atoms with Gasteiger partial charge in [0.2, 0.25) is 8.24 Å². The molecular weight excluding hydrogens is 366 g/mol. The van der Waals surface area contributed by atoms with E-state index in [4.69, 9.17) is 0 Å². The summed E-state index contributed by atoms with van der Waals surface area (Å²) in [6.45, 7) is 7.14. The summed E-state index contributed by atoms with van der Waals surface area (Å²) in [7, 11) is -2.33. The quantitative estimate of drug-likeness (QED) is 0.651. The maximum atomic E-state index is 4.38. The molecule has 0 bridgehead atoms. The van der Waals surface area contributed by atoms with Crippen LogP contribution in [0, 0.1) is 5.41 Å². The van der Waals surface area contributed by atoms with Crippen molar-refractivity contribution in [3.8, 4) is 0 Å². The third kappa shape index (κ3) is 4.06. The number of allylic oxidation sites excluding steroid dienone is 4. The van der Waals surface area contributed by atoms with Gasteiger partial charge in [-0.3, -0.25) is 0 Å². The van der Waals surface area contributed by atoms with Gasteiger partial charge >= 0.3 is 0 Å². The molecule has 0 atom stereocenters. The highest BCUT2D eigenvalue weighted by Crippen LogP contribution is 2.38. The van der Waals surface area contributed by atoms with Crippen LogP contribution in [0.2, 0.25) is 0 Å². The smallest absolute Gasteiger partial charge is 0.222 e. The van der Waals surface area contributed by atoms with Crippen molar-refractivity contribution in [3.63, 3.8) is 0 Å². The average Bonchev–Trinajstić information content (AvgIpc) is 3.25. The van der Waals surface area contributed by atoms with E-state index < -0.39 is 8.24 Å². The third-order valence-corrected chi connectivity index (χ3v) is 11.2.